The Hall–Kier alpha value is -0.630. The van der Waals surface area contributed by atoms with Crippen molar-refractivity contribution in [3.63, 3.8) is 0 Å². The van der Waals surface area contributed by atoms with Gasteiger partial charge < -0.3 is 9.47 Å². The second kappa shape index (κ2) is 6.51. The lowest BCUT2D eigenvalue weighted by atomic mass is 10.3. The van der Waals surface area contributed by atoms with Crippen LogP contribution in [0.3, 0.4) is 0 Å². The minimum Gasteiger partial charge on any atom is -0.496 e. The van der Waals surface area contributed by atoms with Crippen LogP contribution in [0.25, 0.3) is 0 Å². The second-order valence-corrected chi connectivity index (χ2v) is 6.34. The Morgan fingerprint density at radius 2 is 2.06 bits per heavy atom. The van der Waals surface area contributed by atoms with Gasteiger partial charge in [-0.3, -0.25) is 0 Å². The molecular weight excluding hydrogens is 322 g/mol. The Kier molecular flexibility index (Phi) is 5.58. The number of benzene rings is 1. The van der Waals surface area contributed by atoms with Gasteiger partial charge in [-0.2, -0.15) is 0 Å². The molecule has 0 aliphatic heterocycles. The zero-order chi connectivity index (χ0) is 13.8. The lowest BCUT2D eigenvalue weighted by molar-refractivity contribution is 0.180. The summed E-state index contributed by atoms with van der Waals surface area (Å²) in [5, 5.41) is 0. The Balaban J connectivity index is 2.95. The molecule has 0 saturated carbocycles. The summed E-state index contributed by atoms with van der Waals surface area (Å²) in [6.07, 6.45) is 0. The molecule has 0 heterocycles. The van der Waals surface area contributed by atoms with Crippen molar-refractivity contribution >= 4 is 26.0 Å². The van der Waals surface area contributed by atoms with Gasteiger partial charge in [0.05, 0.1) is 23.1 Å². The molecule has 1 aromatic rings. The molecule has 0 aromatic heterocycles. The van der Waals surface area contributed by atoms with Gasteiger partial charge in [-0.1, -0.05) is 0 Å². The number of hydrogen-bond acceptors (Lipinski definition) is 4. The SMILES string of the molecule is COC[C@H](C)NS(=O)(=O)c1ccc(OC)c(Br)c1. The summed E-state index contributed by atoms with van der Waals surface area (Å²) < 4.78 is 37.1. The lowest BCUT2D eigenvalue weighted by Gasteiger charge is -2.14. The van der Waals surface area contributed by atoms with Gasteiger partial charge >= 0.3 is 0 Å². The van der Waals surface area contributed by atoms with Gasteiger partial charge in [0.2, 0.25) is 10.0 Å². The van der Waals surface area contributed by atoms with Gasteiger partial charge in [-0.25, -0.2) is 13.1 Å². The Morgan fingerprint density at radius 3 is 2.56 bits per heavy atom. The molecule has 0 radical (unpaired) electrons. The zero-order valence-electron chi connectivity index (χ0n) is 10.4. The van der Waals surface area contributed by atoms with E-state index in [4.69, 9.17) is 9.47 Å². The molecule has 0 amide bonds. The minimum absolute atomic E-state index is 0.179. The van der Waals surface area contributed by atoms with Crippen molar-refractivity contribution in [2.24, 2.45) is 0 Å². The molecule has 0 saturated heterocycles. The van der Waals surface area contributed by atoms with Crippen molar-refractivity contribution in [1.29, 1.82) is 0 Å². The van der Waals surface area contributed by atoms with Gasteiger partial charge in [-0.15, -0.1) is 0 Å². The van der Waals surface area contributed by atoms with E-state index in [1.165, 1.54) is 26.4 Å². The normalized spacial score (nSPS) is 13.3. The van der Waals surface area contributed by atoms with Crippen LogP contribution in [0, 0.1) is 0 Å². The highest BCUT2D eigenvalue weighted by atomic mass is 79.9. The standard InChI is InChI=1S/C11H16BrNO4S/c1-8(7-16-2)13-18(14,15)9-4-5-11(17-3)10(12)6-9/h4-6,8,13H,7H2,1-3H3/t8-/m0/s1. The van der Waals surface area contributed by atoms with Crippen LogP contribution in [0.1, 0.15) is 6.92 Å². The summed E-state index contributed by atoms with van der Waals surface area (Å²) in [7, 11) is -0.501. The molecule has 0 fully saturated rings. The zero-order valence-corrected chi connectivity index (χ0v) is 12.8. The average molecular weight is 338 g/mol. The monoisotopic (exact) mass is 337 g/mol. The number of ether oxygens (including phenoxy) is 2. The summed E-state index contributed by atoms with van der Waals surface area (Å²) in [5.41, 5.74) is 0. The fourth-order valence-corrected chi connectivity index (χ4v) is 3.38. The Labute approximate surface area is 116 Å². The van der Waals surface area contributed by atoms with Crippen molar-refractivity contribution in [1.82, 2.24) is 4.72 Å². The third kappa shape index (κ3) is 3.94. The molecular formula is C11H16BrNO4S. The van der Waals surface area contributed by atoms with Crippen LogP contribution in [0.5, 0.6) is 5.75 Å². The quantitative estimate of drug-likeness (QED) is 0.859. The van der Waals surface area contributed by atoms with Crippen molar-refractivity contribution in [2.75, 3.05) is 20.8 Å². The van der Waals surface area contributed by atoms with Gasteiger partial charge in [0.15, 0.2) is 0 Å². The minimum atomic E-state index is -3.54. The molecule has 0 bridgehead atoms. The first-order chi connectivity index (χ1) is 8.40. The Bertz CT molecular complexity index is 504. The molecule has 0 spiro atoms. The first-order valence-electron chi connectivity index (χ1n) is 5.25. The number of nitrogens with one attached hydrogen (secondary N) is 1. The van der Waals surface area contributed by atoms with Crippen molar-refractivity contribution in [3.8, 4) is 5.75 Å². The number of halogens is 1. The average Bonchev–Trinajstić information content (AvgIpc) is 2.28. The summed E-state index contributed by atoms with van der Waals surface area (Å²) in [6.45, 7) is 2.05. The van der Waals surface area contributed by atoms with Crippen molar-refractivity contribution in [3.05, 3.63) is 22.7 Å². The van der Waals surface area contributed by atoms with Crippen molar-refractivity contribution < 1.29 is 17.9 Å². The number of rotatable bonds is 6. The van der Waals surface area contributed by atoms with Crippen LogP contribution in [-0.2, 0) is 14.8 Å². The summed E-state index contributed by atoms with van der Waals surface area (Å²) >= 11 is 3.25. The van der Waals surface area contributed by atoms with E-state index in [9.17, 15) is 8.42 Å². The highest BCUT2D eigenvalue weighted by Gasteiger charge is 2.18. The largest absolute Gasteiger partial charge is 0.496 e. The van der Waals surface area contributed by atoms with E-state index >= 15 is 0 Å². The van der Waals surface area contributed by atoms with Crippen LogP contribution in [0.15, 0.2) is 27.6 Å². The maximum absolute atomic E-state index is 12.0. The van der Waals surface area contributed by atoms with Crippen LogP contribution in [0.2, 0.25) is 0 Å². The molecule has 0 aliphatic rings. The van der Waals surface area contributed by atoms with E-state index < -0.39 is 10.0 Å². The summed E-state index contributed by atoms with van der Waals surface area (Å²) in [4.78, 5) is 0.179. The summed E-state index contributed by atoms with van der Waals surface area (Å²) in [5.74, 6) is 0.582. The third-order valence-electron chi connectivity index (χ3n) is 2.21. The fraction of sp³-hybridized carbons (Fsp3) is 0.455. The van der Waals surface area contributed by atoms with Crippen LogP contribution >= 0.6 is 15.9 Å². The van der Waals surface area contributed by atoms with Gasteiger partial charge in [0, 0.05) is 13.2 Å². The maximum Gasteiger partial charge on any atom is 0.240 e. The van der Waals surface area contributed by atoms with Crippen LogP contribution in [-0.4, -0.2) is 35.3 Å². The van der Waals surface area contributed by atoms with E-state index in [0.717, 1.165) is 0 Å². The Morgan fingerprint density at radius 1 is 1.39 bits per heavy atom. The molecule has 5 nitrogen and oxygen atoms in total. The smallest absolute Gasteiger partial charge is 0.240 e. The number of hydrogen-bond donors (Lipinski definition) is 1. The van der Waals surface area contributed by atoms with E-state index in [2.05, 4.69) is 20.7 Å². The number of methoxy groups -OCH3 is 2. The molecule has 102 valence electrons. The summed E-state index contributed by atoms with van der Waals surface area (Å²) in [6, 6.07) is 4.30. The molecule has 0 unspecified atom stereocenters. The molecule has 1 aromatic carbocycles. The van der Waals surface area contributed by atoms with Crippen molar-refractivity contribution in [2.45, 2.75) is 17.9 Å². The predicted molar refractivity (Wildman–Crippen MR) is 72.4 cm³/mol. The van der Waals surface area contributed by atoms with Gasteiger partial charge in [0.25, 0.3) is 0 Å². The number of sulfonamides is 1. The predicted octanol–water partition coefficient (Wildman–Crippen LogP) is 1.77. The van der Waals surface area contributed by atoms with Gasteiger partial charge in [-0.05, 0) is 41.1 Å². The lowest BCUT2D eigenvalue weighted by Crippen LogP contribution is -2.35. The molecule has 0 aliphatic carbocycles. The van der Waals surface area contributed by atoms with E-state index in [0.29, 0.717) is 16.8 Å². The van der Waals surface area contributed by atoms with E-state index in [1.54, 1.807) is 13.0 Å². The molecule has 1 rings (SSSR count). The molecule has 7 heteroatoms. The first-order valence-corrected chi connectivity index (χ1v) is 7.53. The third-order valence-corrected chi connectivity index (χ3v) is 4.41. The molecule has 18 heavy (non-hydrogen) atoms. The van der Waals surface area contributed by atoms with E-state index in [-0.39, 0.29) is 10.9 Å². The second-order valence-electron chi connectivity index (χ2n) is 3.77. The highest BCUT2D eigenvalue weighted by Crippen LogP contribution is 2.27. The van der Waals surface area contributed by atoms with Gasteiger partial charge in [0.1, 0.15) is 5.75 Å². The maximum atomic E-state index is 12.0. The van der Waals surface area contributed by atoms with E-state index in [1.807, 2.05) is 0 Å². The first kappa shape index (κ1) is 15.4. The fourth-order valence-electron chi connectivity index (χ4n) is 1.43. The molecule has 1 N–H and O–H groups in total. The molecule has 1 atom stereocenters. The van der Waals surface area contributed by atoms with Crippen LogP contribution < -0.4 is 9.46 Å². The van der Waals surface area contributed by atoms with Crippen LogP contribution in [0.4, 0.5) is 0 Å². The highest BCUT2D eigenvalue weighted by molar-refractivity contribution is 9.10. The topological polar surface area (TPSA) is 64.6 Å².